The fourth-order valence-corrected chi connectivity index (χ4v) is 4.36. The highest BCUT2D eigenvalue weighted by Crippen LogP contribution is 2.24. The second-order valence-electron chi connectivity index (χ2n) is 6.00. The third kappa shape index (κ3) is 3.87. The predicted molar refractivity (Wildman–Crippen MR) is 84.6 cm³/mol. The number of nitrogens with zero attached hydrogens (tertiary/aromatic N) is 2. The van der Waals surface area contributed by atoms with Crippen molar-refractivity contribution in [2.75, 3.05) is 19.6 Å². The van der Waals surface area contributed by atoms with E-state index in [1.807, 2.05) is 18.5 Å². The molecular formula is C15H27N3O2S. The van der Waals surface area contributed by atoms with Gasteiger partial charge in [-0.05, 0) is 37.8 Å². The monoisotopic (exact) mass is 313 g/mol. The molecule has 0 radical (unpaired) electrons. The first-order valence-electron chi connectivity index (χ1n) is 7.81. The second-order valence-corrected chi connectivity index (χ2v) is 7.94. The Labute approximate surface area is 128 Å². The van der Waals surface area contributed by atoms with Crippen molar-refractivity contribution in [3.63, 3.8) is 0 Å². The molecule has 0 bridgehead atoms. The summed E-state index contributed by atoms with van der Waals surface area (Å²) in [5.74, 6) is 0.616. The molecule has 1 aliphatic heterocycles. The largest absolute Gasteiger partial charge is 0.352 e. The Morgan fingerprint density at radius 1 is 1.33 bits per heavy atom. The number of aryl methyl sites for hydroxylation is 1. The summed E-state index contributed by atoms with van der Waals surface area (Å²) >= 11 is 0. The van der Waals surface area contributed by atoms with Crippen LogP contribution in [0.3, 0.4) is 0 Å². The molecule has 1 unspecified atom stereocenters. The molecule has 1 aliphatic rings. The van der Waals surface area contributed by atoms with Gasteiger partial charge in [0.2, 0.25) is 10.0 Å². The maximum atomic E-state index is 12.8. The Bertz CT molecular complexity index is 565. The first-order chi connectivity index (χ1) is 9.95. The molecular weight excluding hydrogens is 286 g/mol. The lowest BCUT2D eigenvalue weighted by Gasteiger charge is -2.19. The van der Waals surface area contributed by atoms with E-state index in [2.05, 4.69) is 12.2 Å². The highest BCUT2D eigenvalue weighted by Gasteiger charge is 2.27. The molecule has 120 valence electrons. The van der Waals surface area contributed by atoms with Crippen molar-refractivity contribution in [3.05, 3.63) is 18.0 Å². The van der Waals surface area contributed by atoms with Crippen LogP contribution in [0.5, 0.6) is 0 Å². The average Bonchev–Trinajstić information content (AvgIpc) is 2.66. The Morgan fingerprint density at radius 2 is 2.10 bits per heavy atom. The van der Waals surface area contributed by atoms with Crippen molar-refractivity contribution in [1.29, 1.82) is 0 Å². The van der Waals surface area contributed by atoms with E-state index in [0.29, 0.717) is 30.4 Å². The summed E-state index contributed by atoms with van der Waals surface area (Å²) in [6.45, 7) is 7.09. The second kappa shape index (κ2) is 6.94. The first-order valence-corrected chi connectivity index (χ1v) is 9.25. The number of hydrogen-bond acceptors (Lipinski definition) is 3. The minimum Gasteiger partial charge on any atom is -0.352 e. The molecule has 1 N–H and O–H groups in total. The predicted octanol–water partition coefficient (Wildman–Crippen LogP) is 1.95. The van der Waals surface area contributed by atoms with Crippen LogP contribution >= 0.6 is 0 Å². The molecule has 6 heteroatoms. The van der Waals surface area contributed by atoms with Crippen LogP contribution < -0.4 is 5.32 Å². The van der Waals surface area contributed by atoms with Gasteiger partial charge in [-0.1, -0.05) is 13.8 Å². The minimum absolute atomic E-state index is 0.424. The number of nitrogens with one attached hydrogen (secondary N) is 1. The molecule has 2 rings (SSSR count). The summed E-state index contributed by atoms with van der Waals surface area (Å²) < 4.78 is 29.1. The van der Waals surface area contributed by atoms with Crippen LogP contribution in [-0.2, 0) is 23.6 Å². The van der Waals surface area contributed by atoms with E-state index in [4.69, 9.17) is 0 Å². The molecule has 2 heterocycles. The number of rotatable bonds is 5. The lowest BCUT2D eigenvalue weighted by atomic mass is 10.0. The number of hydrogen-bond donors (Lipinski definition) is 1. The van der Waals surface area contributed by atoms with Gasteiger partial charge in [-0.3, -0.25) is 0 Å². The summed E-state index contributed by atoms with van der Waals surface area (Å²) in [4.78, 5) is 0.424. The molecule has 0 saturated carbocycles. The molecule has 1 fully saturated rings. The summed E-state index contributed by atoms with van der Waals surface area (Å²) in [7, 11) is -1.45. The maximum Gasteiger partial charge on any atom is 0.244 e. The lowest BCUT2D eigenvalue weighted by Crippen LogP contribution is -2.31. The van der Waals surface area contributed by atoms with Crippen LogP contribution in [-0.4, -0.2) is 36.9 Å². The van der Waals surface area contributed by atoms with Gasteiger partial charge in [0.15, 0.2) is 0 Å². The molecule has 1 aromatic rings. The van der Waals surface area contributed by atoms with E-state index in [1.54, 1.807) is 16.6 Å². The normalized spacial score (nSPS) is 21.4. The van der Waals surface area contributed by atoms with Crippen molar-refractivity contribution in [2.45, 2.75) is 44.6 Å². The van der Waals surface area contributed by atoms with Gasteiger partial charge < -0.3 is 9.88 Å². The quantitative estimate of drug-likeness (QED) is 0.904. The van der Waals surface area contributed by atoms with Crippen molar-refractivity contribution < 1.29 is 8.42 Å². The molecule has 0 amide bonds. The highest BCUT2D eigenvalue weighted by atomic mass is 32.2. The maximum absolute atomic E-state index is 12.8. The molecule has 1 atom stereocenters. The lowest BCUT2D eigenvalue weighted by molar-refractivity contribution is 0.416. The SMILES string of the molecule is CCNCc1cc(S(=O)(=O)N2CCCC(C)CC2)cn1C. The van der Waals surface area contributed by atoms with Gasteiger partial charge in [0.25, 0.3) is 0 Å². The average molecular weight is 313 g/mol. The molecule has 0 aromatic carbocycles. The van der Waals surface area contributed by atoms with Crippen LogP contribution in [0.4, 0.5) is 0 Å². The Balaban J connectivity index is 2.18. The van der Waals surface area contributed by atoms with E-state index < -0.39 is 10.0 Å². The molecule has 0 spiro atoms. The van der Waals surface area contributed by atoms with Crippen molar-refractivity contribution in [3.8, 4) is 0 Å². The van der Waals surface area contributed by atoms with Gasteiger partial charge in [-0.15, -0.1) is 0 Å². The van der Waals surface area contributed by atoms with Gasteiger partial charge in [-0.2, -0.15) is 4.31 Å². The molecule has 21 heavy (non-hydrogen) atoms. The van der Waals surface area contributed by atoms with Crippen LogP contribution in [0.25, 0.3) is 0 Å². The zero-order chi connectivity index (χ0) is 15.5. The van der Waals surface area contributed by atoms with Gasteiger partial charge in [0, 0.05) is 38.6 Å². The smallest absolute Gasteiger partial charge is 0.244 e. The molecule has 0 aliphatic carbocycles. The van der Waals surface area contributed by atoms with E-state index in [9.17, 15) is 8.42 Å². The highest BCUT2D eigenvalue weighted by molar-refractivity contribution is 7.89. The van der Waals surface area contributed by atoms with Gasteiger partial charge in [0.05, 0.1) is 0 Å². The topological polar surface area (TPSA) is 54.3 Å². The van der Waals surface area contributed by atoms with Crippen LogP contribution in [0.1, 0.15) is 38.8 Å². The van der Waals surface area contributed by atoms with Gasteiger partial charge in [0.1, 0.15) is 4.90 Å². The van der Waals surface area contributed by atoms with E-state index in [1.165, 1.54) is 0 Å². The number of sulfonamides is 1. The zero-order valence-electron chi connectivity index (χ0n) is 13.3. The third-order valence-corrected chi connectivity index (χ3v) is 6.12. The third-order valence-electron chi connectivity index (χ3n) is 4.25. The molecule has 5 nitrogen and oxygen atoms in total. The van der Waals surface area contributed by atoms with Crippen molar-refractivity contribution in [2.24, 2.45) is 13.0 Å². The zero-order valence-corrected chi connectivity index (χ0v) is 14.1. The van der Waals surface area contributed by atoms with E-state index in [-0.39, 0.29) is 0 Å². The van der Waals surface area contributed by atoms with E-state index in [0.717, 1.165) is 31.5 Å². The Morgan fingerprint density at radius 3 is 2.81 bits per heavy atom. The first kappa shape index (κ1) is 16.5. The standard InChI is InChI=1S/C15H27N3O2S/c1-4-16-11-14-10-15(12-17(14)3)21(19,20)18-8-5-6-13(2)7-9-18/h10,12-13,16H,4-9,11H2,1-3H3. The van der Waals surface area contributed by atoms with Crippen LogP contribution in [0, 0.1) is 5.92 Å². The van der Waals surface area contributed by atoms with Crippen LogP contribution in [0.2, 0.25) is 0 Å². The fraction of sp³-hybridized carbons (Fsp3) is 0.733. The molecule has 1 aromatic heterocycles. The van der Waals surface area contributed by atoms with Crippen molar-refractivity contribution in [1.82, 2.24) is 14.2 Å². The van der Waals surface area contributed by atoms with Gasteiger partial charge in [-0.25, -0.2) is 8.42 Å². The Kier molecular flexibility index (Phi) is 5.46. The fourth-order valence-electron chi connectivity index (χ4n) is 2.77. The molecule has 1 saturated heterocycles. The summed E-state index contributed by atoms with van der Waals surface area (Å²) in [6.07, 6.45) is 4.76. The summed E-state index contributed by atoms with van der Waals surface area (Å²) in [5.41, 5.74) is 0.999. The van der Waals surface area contributed by atoms with E-state index >= 15 is 0 Å². The van der Waals surface area contributed by atoms with Gasteiger partial charge >= 0.3 is 0 Å². The summed E-state index contributed by atoms with van der Waals surface area (Å²) in [5, 5.41) is 3.24. The Hall–Kier alpha value is -0.850. The van der Waals surface area contributed by atoms with Crippen molar-refractivity contribution >= 4 is 10.0 Å². The minimum atomic E-state index is -3.35. The number of aromatic nitrogens is 1. The van der Waals surface area contributed by atoms with Crippen LogP contribution in [0.15, 0.2) is 17.2 Å². The summed E-state index contributed by atoms with van der Waals surface area (Å²) in [6, 6.07) is 1.80.